The van der Waals surface area contributed by atoms with Gasteiger partial charge in [-0.05, 0) is 60.7 Å². The number of nitrogens with zero attached hydrogens (tertiary/aromatic N) is 4. The van der Waals surface area contributed by atoms with Crippen molar-refractivity contribution in [2.45, 2.75) is 40.3 Å². The van der Waals surface area contributed by atoms with Crippen LogP contribution in [0.3, 0.4) is 0 Å². The zero-order valence-electron chi connectivity index (χ0n) is 22.0. The Morgan fingerprint density at radius 3 is 2.84 bits per heavy atom. The van der Waals surface area contributed by atoms with Gasteiger partial charge in [0.25, 0.3) is 5.89 Å². The number of aryl methyl sites for hydroxylation is 1. The van der Waals surface area contributed by atoms with E-state index in [1.54, 1.807) is 0 Å². The van der Waals surface area contributed by atoms with Crippen molar-refractivity contribution in [3.05, 3.63) is 83.7 Å². The molecule has 2 aromatic heterocycles. The van der Waals surface area contributed by atoms with Crippen LogP contribution in [0.4, 0.5) is 0 Å². The number of allylic oxidation sites excluding steroid dienone is 4. The third-order valence-corrected chi connectivity index (χ3v) is 7.67. The zero-order chi connectivity index (χ0) is 26.4. The fourth-order valence-electron chi connectivity index (χ4n) is 5.85. The van der Waals surface area contributed by atoms with Gasteiger partial charge in [-0.1, -0.05) is 49.4 Å². The van der Waals surface area contributed by atoms with Crippen LogP contribution in [0.1, 0.15) is 31.4 Å². The Balaban J connectivity index is 1.21. The molecule has 1 aliphatic carbocycles. The van der Waals surface area contributed by atoms with Crippen LogP contribution < -0.4 is 0 Å². The lowest BCUT2D eigenvalue weighted by atomic mass is 9.88. The third-order valence-electron chi connectivity index (χ3n) is 7.67. The standard InChI is InChI=1S/C31H32N4O3/c1-19(2)16-34-13-12-22-15-23(9-11-27(22)34)30-32-29(33-38-30)24-10-8-21(14-20(24)3)17-35-18-26(31(36)37)25-6-4-5-7-28(25)35/h4-5,7-15,19,25-26H,6,16-18H2,1-3H3,(H,36,37). The summed E-state index contributed by atoms with van der Waals surface area (Å²) >= 11 is 0. The molecule has 0 radical (unpaired) electrons. The van der Waals surface area contributed by atoms with Gasteiger partial charge in [0.1, 0.15) is 0 Å². The van der Waals surface area contributed by atoms with Crippen LogP contribution in [0.25, 0.3) is 33.7 Å². The van der Waals surface area contributed by atoms with Crippen molar-refractivity contribution >= 4 is 16.9 Å². The molecule has 6 rings (SSSR count). The number of hydrogen-bond donors (Lipinski definition) is 1. The van der Waals surface area contributed by atoms with E-state index in [0.717, 1.165) is 46.3 Å². The topological polar surface area (TPSA) is 84.4 Å². The molecular formula is C31H32N4O3. The number of carbonyl (C=O) groups is 1. The molecule has 1 saturated heterocycles. The van der Waals surface area contributed by atoms with Crippen molar-refractivity contribution < 1.29 is 14.4 Å². The number of aromatic nitrogens is 3. The summed E-state index contributed by atoms with van der Waals surface area (Å²) in [5.41, 5.74) is 6.34. The second kappa shape index (κ2) is 9.63. The number of carboxylic acids is 1. The van der Waals surface area contributed by atoms with Crippen LogP contribution in [0.15, 0.2) is 77.1 Å². The van der Waals surface area contributed by atoms with Gasteiger partial charge in [0.15, 0.2) is 0 Å². The molecule has 1 fully saturated rings. The number of carboxylic acid groups (broad SMARTS) is 1. The van der Waals surface area contributed by atoms with Gasteiger partial charge in [0, 0.05) is 59.5 Å². The maximum Gasteiger partial charge on any atom is 0.308 e. The number of rotatable bonds is 7. The number of fused-ring (bicyclic) bond motifs is 2. The molecule has 0 saturated carbocycles. The van der Waals surface area contributed by atoms with E-state index in [2.05, 4.69) is 77.2 Å². The lowest BCUT2D eigenvalue weighted by Gasteiger charge is -2.23. The fourth-order valence-corrected chi connectivity index (χ4v) is 5.85. The van der Waals surface area contributed by atoms with E-state index >= 15 is 0 Å². The molecule has 2 aromatic carbocycles. The highest BCUT2D eigenvalue weighted by molar-refractivity contribution is 5.84. The van der Waals surface area contributed by atoms with Gasteiger partial charge in [-0.3, -0.25) is 4.79 Å². The minimum atomic E-state index is -0.717. The van der Waals surface area contributed by atoms with E-state index in [4.69, 9.17) is 9.51 Å². The van der Waals surface area contributed by atoms with E-state index in [1.807, 2.05) is 25.1 Å². The quantitative estimate of drug-likeness (QED) is 0.315. The Bertz CT molecular complexity index is 1570. The summed E-state index contributed by atoms with van der Waals surface area (Å²) < 4.78 is 7.94. The molecule has 0 spiro atoms. The molecule has 2 atom stereocenters. The maximum absolute atomic E-state index is 11.8. The predicted octanol–water partition coefficient (Wildman–Crippen LogP) is 6.30. The number of hydrogen-bond acceptors (Lipinski definition) is 5. The highest BCUT2D eigenvalue weighted by Gasteiger charge is 2.41. The summed E-state index contributed by atoms with van der Waals surface area (Å²) in [6, 6.07) is 14.6. The van der Waals surface area contributed by atoms with Crippen molar-refractivity contribution in [3.8, 4) is 22.8 Å². The van der Waals surface area contributed by atoms with Crippen LogP contribution in [-0.2, 0) is 17.9 Å². The second-order valence-corrected chi connectivity index (χ2v) is 10.9. The first kappa shape index (κ1) is 24.2. The first-order valence-electron chi connectivity index (χ1n) is 13.2. The maximum atomic E-state index is 11.8. The molecule has 0 bridgehead atoms. The molecule has 1 aliphatic heterocycles. The van der Waals surface area contributed by atoms with Crippen LogP contribution in [0.2, 0.25) is 0 Å². The third kappa shape index (κ3) is 4.42. The molecule has 38 heavy (non-hydrogen) atoms. The lowest BCUT2D eigenvalue weighted by Crippen LogP contribution is -2.23. The Hall–Kier alpha value is -4.13. The fraction of sp³-hybridized carbons (Fsp3) is 0.323. The van der Waals surface area contributed by atoms with Gasteiger partial charge in [0.05, 0.1) is 5.92 Å². The highest BCUT2D eigenvalue weighted by Crippen LogP contribution is 2.39. The van der Waals surface area contributed by atoms with Gasteiger partial charge in [0.2, 0.25) is 5.82 Å². The summed E-state index contributed by atoms with van der Waals surface area (Å²) in [6.07, 6.45) is 9.07. The molecule has 7 nitrogen and oxygen atoms in total. The van der Waals surface area contributed by atoms with Gasteiger partial charge < -0.3 is 19.1 Å². The van der Waals surface area contributed by atoms with Gasteiger partial charge in [-0.2, -0.15) is 4.98 Å². The number of likely N-dealkylation sites (tertiary alicyclic amines) is 1. The Morgan fingerprint density at radius 2 is 2.05 bits per heavy atom. The van der Waals surface area contributed by atoms with Gasteiger partial charge >= 0.3 is 5.97 Å². The summed E-state index contributed by atoms with van der Waals surface area (Å²) in [5.74, 6) is 0.621. The molecule has 194 valence electrons. The smallest absolute Gasteiger partial charge is 0.308 e. The zero-order valence-corrected chi connectivity index (χ0v) is 22.0. The second-order valence-electron chi connectivity index (χ2n) is 10.9. The molecule has 2 unspecified atom stereocenters. The Morgan fingerprint density at radius 1 is 1.18 bits per heavy atom. The Labute approximate surface area is 222 Å². The van der Waals surface area contributed by atoms with Crippen LogP contribution in [0.5, 0.6) is 0 Å². The van der Waals surface area contributed by atoms with E-state index in [-0.39, 0.29) is 11.8 Å². The van der Waals surface area contributed by atoms with E-state index in [9.17, 15) is 9.90 Å². The molecule has 1 N–H and O–H groups in total. The molecule has 2 aliphatic rings. The molecular weight excluding hydrogens is 476 g/mol. The van der Waals surface area contributed by atoms with Crippen molar-refractivity contribution in [1.82, 2.24) is 19.6 Å². The Kier molecular flexibility index (Phi) is 6.14. The van der Waals surface area contributed by atoms with Crippen molar-refractivity contribution in [2.24, 2.45) is 17.8 Å². The van der Waals surface area contributed by atoms with Crippen molar-refractivity contribution in [2.75, 3.05) is 6.54 Å². The van der Waals surface area contributed by atoms with Crippen LogP contribution >= 0.6 is 0 Å². The number of aliphatic carboxylic acids is 1. The monoisotopic (exact) mass is 508 g/mol. The van der Waals surface area contributed by atoms with Crippen molar-refractivity contribution in [3.63, 3.8) is 0 Å². The minimum absolute atomic E-state index is 0.0589. The van der Waals surface area contributed by atoms with E-state index in [1.165, 1.54) is 5.52 Å². The normalized spacial score (nSPS) is 18.8. The van der Waals surface area contributed by atoms with Crippen LogP contribution in [0, 0.1) is 24.7 Å². The average molecular weight is 509 g/mol. The minimum Gasteiger partial charge on any atom is -0.481 e. The summed E-state index contributed by atoms with van der Waals surface area (Å²) in [7, 11) is 0. The molecule has 7 heteroatoms. The largest absolute Gasteiger partial charge is 0.481 e. The lowest BCUT2D eigenvalue weighted by molar-refractivity contribution is -0.142. The molecule has 4 aromatic rings. The first-order chi connectivity index (χ1) is 18.4. The molecule has 0 amide bonds. The average Bonchev–Trinajstić information content (AvgIpc) is 3.62. The van der Waals surface area contributed by atoms with Crippen LogP contribution in [-0.4, -0.2) is 37.2 Å². The summed E-state index contributed by atoms with van der Waals surface area (Å²) in [5, 5.41) is 15.1. The summed E-state index contributed by atoms with van der Waals surface area (Å²) in [4.78, 5) is 18.7. The van der Waals surface area contributed by atoms with E-state index in [0.29, 0.717) is 30.7 Å². The summed E-state index contributed by atoms with van der Waals surface area (Å²) in [6.45, 7) is 8.68. The van der Waals surface area contributed by atoms with Crippen molar-refractivity contribution in [1.29, 1.82) is 0 Å². The number of benzene rings is 2. The first-order valence-corrected chi connectivity index (χ1v) is 13.2. The van der Waals surface area contributed by atoms with Gasteiger partial charge in [-0.25, -0.2) is 0 Å². The van der Waals surface area contributed by atoms with E-state index < -0.39 is 5.97 Å². The highest BCUT2D eigenvalue weighted by atomic mass is 16.5. The SMILES string of the molecule is Cc1cc(CN2CC(C(=O)O)C3CC=CC=C32)ccc1-c1noc(-c2ccc3c(ccn3CC(C)C)c2)n1. The molecule has 3 heterocycles. The predicted molar refractivity (Wildman–Crippen MR) is 147 cm³/mol. The van der Waals surface area contributed by atoms with Gasteiger partial charge in [-0.15, -0.1) is 0 Å².